The molecule has 6 nitrogen and oxygen atoms in total. The van der Waals surface area contributed by atoms with Crippen molar-refractivity contribution in [3.8, 4) is 5.75 Å². The molecule has 2 aliphatic rings. The van der Waals surface area contributed by atoms with E-state index in [9.17, 15) is 4.79 Å². The van der Waals surface area contributed by atoms with Crippen molar-refractivity contribution in [1.82, 2.24) is 14.7 Å². The number of rotatable bonds is 6. The molecule has 0 radical (unpaired) electrons. The second-order valence-corrected chi connectivity index (χ2v) is 7.18. The van der Waals surface area contributed by atoms with E-state index in [-0.39, 0.29) is 5.91 Å². The van der Waals surface area contributed by atoms with E-state index in [1.165, 1.54) is 11.1 Å². The van der Waals surface area contributed by atoms with Gasteiger partial charge in [-0.1, -0.05) is 18.2 Å². The summed E-state index contributed by atoms with van der Waals surface area (Å²) in [7, 11) is 0. The second-order valence-electron chi connectivity index (χ2n) is 7.18. The number of benzene rings is 1. The maximum atomic E-state index is 12.3. The lowest BCUT2D eigenvalue weighted by Crippen LogP contribution is -2.52. The minimum Gasteiger partial charge on any atom is -0.492 e. The van der Waals surface area contributed by atoms with Gasteiger partial charge in [0, 0.05) is 45.8 Å². The zero-order valence-electron chi connectivity index (χ0n) is 16.1. The lowest BCUT2D eigenvalue weighted by Gasteiger charge is -2.36. The van der Waals surface area contributed by atoms with E-state index in [0.717, 1.165) is 51.6 Å². The van der Waals surface area contributed by atoms with E-state index in [4.69, 9.17) is 9.47 Å². The number of aryl methyl sites for hydroxylation is 2. The monoisotopic (exact) mass is 361 g/mol. The minimum atomic E-state index is 0.236. The molecule has 0 spiro atoms. The number of hydrogen-bond acceptors (Lipinski definition) is 5. The zero-order valence-corrected chi connectivity index (χ0v) is 16.1. The van der Waals surface area contributed by atoms with Crippen LogP contribution in [0, 0.1) is 13.8 Å². The van der Waals surface area contributed by atoms with Crippen molar-refractivity contribution in [3.05, 3.63) is 29.3 Å². The molecule has 0 N–H and O–H groups in total. The predicted octanol–water partition coefficient (Wildman–Crippen LogP) is 1.16. The summed E-state index contributed by atoms with van der Waals surface area (Å²) in [6.07, 6.45) is 0. The average molecular weight is 361 g/mol. The Morgan fingerprint density at radius 3 is 2.27 bits per heavy atom. The Bertz CT molecular complexity index is 574. The van der Waals surface area contributed by atoms with Crippen LogP contribution in [-0.2, 0) is 9.53 Å². The van der Waals surface area contributed by atoms with Crippen molar-refractivity contribution in [2.75, 3.05) is 72.2 Å². The fraction of sp³-hybridized carbons (Fsp3) is 0.650. The Morgan fingerprint density at radius 2 is 1.62 bits per heavy atom. The lowest BCUT2D eigenvalue weighted by atomic mass is 10.1. The molecule has 26 heavy (non-hydrogen) atoms. The molecule has 2 aliphatic heterocycles. The van der Waals surface area contributed by atoms with E-state index in [1.807, 2.05) is 4.90 Å². The Labute approximate surface area is 156 Å². The molecule has 0 atom stereocenters. The topological polar surface area (TPSA) is 45.2 Å². The summed E-state index contributed by atoms with van der Waals surface area (Å²) in [6.45, 7) is 13.0. The van der Waals surface area contributed by atoms with Gasteiger partial charge in [-0.2, -0.15) is 0 Å². The van der Waals surface area contributed by atoms with Crippen LogP contribution in [0.15, 0.2) is 18.2 Å². The summed E-state index contributed by atoms with van der Waals surface area (Å²) in [6, 6.07) is 6.24. The fourth-order valence-corrected chi connectivity index (χ4v) is 3.58. The fourth-order valence-electron chi connectivity index (χ4n) is 3.58. The molecule has 6 heteroatoms. The summed E-state index contributed by atoms with van der Waals surface area (Å²) < 4.78 is 11.3. The Kier molecular flexibility index (Phi) is 6.88. The van der Waals surface area contributed by atoms with Crippen LogP contribution in [0.1, 0.15) is 11.1 Å². The van der Waals surface area contributed by atoms with Gasteiger partial charge < -0.3 is 14.4 Å². The summed E-state index contributed by atoms with van der Waals surface area (Å²) in [5.74, 6) is 1.25. The zero-order chi connectivity index (χ0) is 18.4. The largest absolute Gasteiger partial charge is 0.492 e. The number of piperazine rings is 1. The summed E-state index contributed by atoms with van der Waals surface area (Å²) in [4.78, 5) is 18.9. The van der Waals surface area contributed by atoms with Crippen LogP contribution in [0.25, 0.3) is 0 Å². The summed E-state index contributed by atoms with van der Waals surface area (Å²) in [5.41, 5.74) is 2.38. The van der Waals surface area contributed by atoms with Gasteiger partial charge in [-0.3, -0.25) is 14.6 Å². The first-order chi connectivity index (χ1) is 12.6. The van der Waals surface area contributed by atoms with Crippen LogP contribution in [0.5, 0.6) is 5.75 Å². The van der Waals surface area contributed by atoms with Gasteiger partial charge in [-0.25, -0.2) is 0 Å². The van der Waals surface area contributed by atoms with Gasteiger partial charge in [0.05, 0.1) is 19.8 Å². The summed E-state index contributed by atoms with van der Waals surface area (Å²) >= 11 is 0. The molecular weight excluding hydrogens is 330 g/mol. The van der Waals surface area contributed by atoms with Crippen molar-refractivity contribution in [1.29, 1.82) is 0 Å². The van der Waals surface area contributed by atoms with Crippen LogP contribution in [0.4, 0.5) is 0 Å². The molecule has 2 heterocycles. The molecule has 1 amide bonds. The SMILES string of the molecule is Cc1cccc(C)c1OCCN1CCN(CC(=O)N2CCOCC2)CC1. The van der Waals surface area contributed by atoms with Gasteiger partial charge >= 0.3 is 0 Å². The second kappa shape index (κ2) is 9.35. The number of nitrogens with zero attached hydrogens (tertiary/aromatic N) is 3. The third kappa shape index (κ3) is 5.19. The van der Waals surface area contributed by atoms with Crippen LogP contribution in [-0.4, -0.2) is 92.8 Å². The molecule has 0 unspecified atom stereocenters. The van der Waals surface area contributed by atoms with E-state index in [2.05, 4.69) is 41.8 Å². The molecule has 2 saturated heterocycles. The van der Waals surface area contributed by atoms with Crippen molar-refractivity contribution >= 4 is 5.91 Å². The van der Waals surface area contributed by atoms with Crippen molar-refractivity contribution in [2.24, 2.45) is 0 Å². The molecule has 3 rings (SSSR count). The first-order valence-corrected chi connectivity index (χ1v) is 9.63. The lowest BCUT2D eigenvalue weighted by molar-refractivity contribution is -0.136. The maximum absolute atomic E-state index is 12.3. The van der Waals surface area contributed by atoms with E-state index in [1.54, 1.807) is 0 Å². The van der Waals surface area contributed by atoms with Gasteiger partial charge in [0.25, 0.3) is 0 Å². The van der Waals surface area contributed by atoms with Gasteiger partial charge in [-0.15, -0.1) is 0 Å². The molecule has 0 saturated carbocycles. The van der Waals surface area contributed by atoms with Crippen molar-refractivity contribution < 1.29 is 14.3 Å². The first kappa shape index (κ1) is 19.1. The number of amides is 1. The smallest absolute Gasteiger partial charge is 0.236 e. The minimum absolute atomic E-state index is 0.236. The van der Waals surface area contributed by atoms with Crippen molar-refractivity contribution in [3.63, 3.8) is 0 Å². The normalized spacial score (nSPS) is 19.5. The van der Waals surface area contributed by atoms with Gasteiger partial charge in [-0.05, 0) is 25.0 Å². The molecule has 0 aromatic heterocycles. The predicted molar refractivity (Wildman–Crippen MR) is 102 cm³/mol. The molecule has 0 aliphatic carbocycles. The Balaban J connectivity index is 1.35. The number of hydrogen-bond donors (Lipinski definition) is 0. The highest BCUT2D eigenvalue weighted by molar-refractivity contribution is 5.78. The first-order valence-electron chi connectivity index (χ1n) is 9.63. The van der Waals surface area contributed by atoms with Crippen LogP contribution < -0.4 is 4.74 Å². The van der Waals surface area contributed by atoms with Crippen LogP contribution in [0.2, 0.25) is 0 Å². The number of carbonyl (C=O) groups excluding carboxylic acids is 1. The molecule has 1 aromatic rings. The maximum Gasteiger partial charge on any atom is 0.236 e. The van der Waals surface area contributed by atoms with Crippen LogP contribution >= 0.6 is 0 Å². The van der Waals surface area contributed by atoms with Crippen LogP contribution in [0.3, 0.4) is 0 Å². The van der Waals surface area contributed by atoms with Gasteiger partial charge in [0.15, 0.2) is 0 Å². The Hall–Kier alpha value is -1.63. The Morgan fingerprint density at radius 1 is 1.00 bits per heavy atom. The van der Waals surface area contributed by atoms with E-state index >= 15 is 0 Å². The third-order valence-electron chi connectivity index (χ3n) is 5.25. The average Bonchev–Trinajstić information content (AvgIpc) is 2.66. The molecular formula is C20H31N3O3. The number of carbonyl (C=O) groups is 1. The molecule has 0 bridgehead atoms. The molecule has 144 valence electrons. The molecule has 1 aromatic carbocycles. The molecule has 2 fully saturated rings. The highest BCUT2D eigenvalue weighted by Gasteiger charge is 2.22. The highest BCUT2D eigenvalue weighted by atomic mass is 16.5. The van der Waals surface area contributed by atoms with E-state index in [0.29, 0.717) is 26.4 Å². The number of morpholine rings is 1. The standard InChI is InChI=1S/C20H31N3O3/c1-17-4-3-5-18(2)20(17)26-15-10-21-6-8-22(9-7-21)16-19(24)23-11-13-25-14-12-23/h3-5H,6-16H2,1-2H3. The summed E-state index contributed by atoms with van der Waals surface area (Å²) in [5, 5.41) is 0. The van der Waals surface area contributed by atoms with Gasteiger partial charge in [0.1, 0.15) is 12.4 Å². The number of ether oxygens (including phenoxy) is 2. The highest BCUT2D eigenvalue weighted by Crippen LogP contribution is 2.22. The third-order valence-corrected chi connectivity index (χ3v) is 5.25. The van der Waals surface area contributed by atoms with E-state index < -0.39 is 0 Å². The number of para-hydroxylation sites is 1. The van der Waals surface area contributed by atoms with Gasteiger partial charge in [0.2, 0.25) is 5.91 Å². The van der Waals surface area contributed by atoms with Crippen molar-refractivity contribution in [2.45, 2.75) is 13.8 Å². The quantitative estimate of drug-likeness (QED) is 0.761.